The first-order chi connectivity index (χ1) is 8.85. The molecule has 1 aliphatic heterocycles. The molecule has 1 N–H and O–H groups in total. The lowest BCUT2D eigenvalue weighted by Gasteiger charge is -2.27. The van der Waals surface area contributed by atoms with Gasteiger partial charge < -0.3 is 10.1 Å². The van der Waals surface area contributed by atoms with E-state index in [0.717, 1.165) is 12.0 Å². The van der Waals surface area contributed by atoms with E-state index < -0.39 is 0 Å². The molecule has 2 atom stereocenters. The van der Waals surface area contributed by atoms with Gasteiger partial charge in [0.15, 0.2) is 6.10 Å². The topological polar surface area (TPSA) is 41.6 Å². The van der Waals surface area contributed by atoms with Crippen molar-refractivity contribution in [2.24, 2.45) is 5.41 Å². The van der Waals surface area contributed by atoms with Crippen molar-refractivity contribution in [1.29, 1.82) is 0 Å². The number of rotatable bonds is 4. The molecule has 1 aromatic carbocycles. The minimum absolute atomic E-state index is 0.0662. The predicted molar refractivity (Wildman–Crippen MR) is 71.1 cm³/mol. The Labute approximate surface area is 113 Å². The Morgan fingerprint density at radius 1 is 1.42 bits per heavy atom. The van der Waals surface area contributed by atoms with Gasteiger partial charge in [0.1, 0.15) is 5.82 Å². The minimum Gasteiger partial charge on any atom is -0.363 e. The van der Waals surface area contributed by atoms with Gasteiger partial charge in [-0.3, -0.25) is 4.79 Å². The number of carbonyl (C=O) groups excluding carboxylic acids is 1. The van der Waals surface area contributed by atoms with Crippen LogP contribution in [0.1, 0.15) is 38.8 Å². The molecule has 0 aliphatic carbocycles. The third-order valence-electron chi connectivity index (χ3n) is 3.03. The number of amides is 1. The molecule has 2 rings (SSSR count). The van der Waals surface area contributed by atoms with Gasteiger partial charge in [-0.2, -0.15) is 0 Å². The summed E-state index contributed by atoms with van der Waals surface area (Å²) in [5.41, 5.74) is 0.988. The smallest absolute Gasteiger partial charge is 0.252 e. The van der Waals surface area contributed by atoms with Crippen LogP contribution in [0.5, 0.6) is 0 Å². The molecule has 1 amide bonds. The normalized spacial score (nSPS) is 19.9. The molecule has 3 nitrogen and oxygen atoms in total. The summed E-state index contributed by atoms with van der Waals surface area (Å²) in [4.78, 5) is 11.8. The Bertz CT molecular complexity index is 446. The van der Waals surface area contributed by atoms with Gasteiger partial charge >= 0.3 is 0 Å². The van der Waals surface area contributed by atoms with Crippen LogP contribution in [0.3, 0.4) is 0 Å². The SMILES string of the molecule is CC(C)(C)CC(NC(=O)C1CO1)c1ccc(F)cc1. The third kappa shape index (κ3) is 4.31. The zero-order valence-electron chi connectivity index (χ0n) is 11.6. The van der Waals surface area contributed by atoms with Crippen molar-refractivity contribution in [3.63, 3.8) is 0 Å². The Morgan fingerprint density at radius 3 is 2.47 bits per heavy atom. The molecule has 1 heterocycles. The number of benzene rings is 1. The van der Waals surface area contributed by atoms with Crippen LogP contribution in [0, 0.1) is 11.2 Å². The molecule has 0 bridgehead atoms. The van der Waals surface area contributed by atoms with Crippen molar-refractivity contribution in [2.75, 3.05) is 6.61 Å². The lowest BCUT2D eigenvalue weighted by Crippen LogP contribution is -2.34. The fraction of sp³-hybridized carbons (Fsp3) is 0.533. The first-order valence-corrected chi connectivity index (χ1v) is 6.52. The van der Waals surface area contributed by atoms with Crippen molar-refractivity contribution in [3.05, 3.63) is 35.6 Å². The first kappa shape index (κ1) is 14.0. The van der Waals surface area contributed by atoms with E-state index in [1.54, 1.807) is 12.1 Å². The maximum Gasteiger partial charge on any atom is 0.252 e. The van der Waals surface area contributed by atoms with Gasteiger partial charge in [0.05, 0.1) is 12.6 Å². The summed E-state index contributed by atoms with van der Waals surface area (Å²) in [6, 6.07) is 6.17. The molecule has 104 valence electrons. The summed E-state index contributed by atoms with van der Waals surface area (Å²) < 4.78 is 18.0. The van der Waals surface area contributed by atoms with Crippen molar-refractivity contribution in [2.45, 2.75) is 39.3 Å². The summed E-state index contributed by atoms with van der Waals surface area (Å²) in [7, 11) is 0. The van der Waals surface area contributed by atoms with E-state index in [0.29, 0.717) is 6.61 Å². The second-order valence-electron chi connectivity index (χ2n) is 6.20. The van der Waals surface area contributed by atoms with Gasteiger partial charge in [0.2, 0.25) is 0 Å². The first-order valence-electron chi connectivity index (χ1n) is 6.52. The number of ether oxygens (including phenoxy) is 1. The monoisotopic (exact) mass is 265 g/mol. The van der Waals surface area contributed by atoms with E-state index in [2.05, 4.69) is 26.1 Å². The average molecular weight is 265 g/mol. The van der Waals surface area contributed by atoms with Crippen LogP contribution < -0.4 is 5.32 Å². The van der Waals surface area contributed by atoms with Crippen LogP contribution in [0.2, 0.25) is 0 Å². The number of hydrogen-bond donors (Lipinski definition) is 1. The molecular weight excluding hydrogens is 245 g/mol. The maximum absolute atomic E-state index is 13.0. The summed E-state index contributed by atoms with van der Waals surface area (Å²) in [6.07, 6.45) is 0.486. The zero-order chi connectivity index (χ0) is 14.0. The van der Waals surface area contributed by atoms with Crippen molar-refractivity contribution < 1.29 is 13.9 Å². The summed E-state index contributed by atoms with van der Waals surface area (Å²) >= 11 is 0. The number of carbonyl (C=O) groups is 1. The van der Waals surface area contributed by atoms with Crippen LogP contribution in [0.15, 0.2) is 24.3 Å². The Hall–Kier alpha value is -1.42. The van der Waals surface area contributed by atoms with Gasteiger partial charge in [0, 0.05) is 0 Å². The van der Waals surface area contributed by atoms with Gasteiger partial charge in [-0.15, -0.1) is 0 Å². The van der Waals surface area contributed by atoms with Gasteiger partial charge in [-0.25, -0.2) is 4.39 Å². The van der Waals surface area contributed by atoms with E-state index in [1.165, 1.54) is 12.1 Å². The Morgan fingerprint density at radius 2 is 2.00 bits per heavy atom. The quantitative estimate of drug-likeness (QED) is 0.851. The van der Waals surface area contributed by atoms with Gasteiger partial charge in [0.25, 0.3) is 5.91 Å². The standard InChI is InChI=1S/C15H20FNO2/c1-15(2,3)8-12(17-14(18)13-9-19-13)10-4-6-11(16)7-5-10/h4-7,12-13H,8-9H2,1-3H3,(H,17,18). The molecule has 1 fully saturated rings. The highest BCUT2D eigenvalue weighted by Crippen LogP contribution is 2.30. The predicted octanol–water partition coefficient (Wildman–Crippen LogP) is 2.82. The zero-order valence-corrected chi connectivity index (χ0v) is 11.6. The van der Waals surface area contributed by atoms with Crippen molar-refractivity contribution in [1.82, 2.24) is 5.32 Å². The van der Waals surface area contributed by atoms with Crippen LogP contribution in [0.4, 0.5) is 4.39 Å². The molecule has 4 heteroatoms. The van der Waals surface area contributed by atoms with E-state index in [-0.39, 0.29) is 29.3 Å². The average Bonchev–Trinajstić information content (AvgIpc) is 3.10. The number of hydrogen-bond acceptors (Lipinski definition) is 2. The molecular formula is C15H20FNO2. The lowest BCUT2D eigenvalue weighted by atomic mass is 9.85. The Kier molecular flexibility index (Phi) is 3.90. The molecule has 0 spiro atoms. The molecule has 0 aromatic heterocycles. The lowest BCUT2D eigenvalue weighted by molar-refractivity contribution is -0.123. The highest BCUT2D eigenvalue weighted by atomic mass is 19.1. The fourth-order valence-corrected chi connectivity index (χ4v) is 2.02. The van der Waals surface area contributed by atoms with E-state index in [1.807, 2.05) is 0 Å². The van der Waals surface area contributed by atoms with Crippen LogP contribution in [-0.2, 0) is 9.53 Å². The van der Waals surface area contributed by atoms with Crippen LogP contribution >= 0.6 is 0 Å². The van der Waals surface area contributed by atoms with E-state index >= 15 is 0 Å². The van der Waals surface area contributed by atoms with Gasteiger partial charge in [-0.1, -0.05) is 32.9 Å². The highest BCUT2D eigenvalue weighted by Gasteiger charge is 2.33. The number of epoxide rings is 1. The van der Waals surface area contributed by atoms with Crippen LogP contribution in [-0.4, -0.2) is 18.6 Å². The summed E-state index contributed by atoms with van der Waals surface area (Å²) in [5.74, 6) is -0.353. The summed E-state index contributed by atoms with van der Waals surface area (Å²) in [6.45, 7) is 6.84. The second-order valence-corrected chi connectivity index (χ2v) is 6.20. The number of halogens is 1. The van der Waals surface area contributed by atoms with Crippen molar-refractivity contribution >= 4 is 5.91 Å². The molecule has 1 aromatic rings. The fourth-order valence-electron chi connectivity index (χ4n) is 2.02. The van der Waals surface area contributed by atoms with E-state index in [4.69, 9.17) is 4.74 Å². The number of nitrogens with one attached hydrogen (secondary N) is 1. The maximum atomic E-state index is 13.0. The molecule has 1 aliphatic rings. The van der Waals surface area contributed by atoms with E-state index in [9.17, 15) is 9.18 Å². The second kappa shape index (κ2) is 5.29. The molecule has 2 unspecified atom stereocenters. The van der Waals surface area contributed by atoms with Crippen LogP contribution in [0.25, 0.3) is 0 Å². The highest BCUT2D eigenvalue weighted by molar-refractivity contribution is 5.83. The van der Waals surface area contributed by atoms with Gasteiger partial charge in [-0.05, 0) is 29.5 Å². The molecule has 0 radical (unpaired) electrons. The Balaban J connectivity index is 2.12. The van der Waals surface area contributed by atoms with Crippen molar-refractivity contribution in [3.8, 4) is 0 Å². The molecule has 1 saturated heterocycles. The largest absolute Gasteiger partial charge is 0.363 e. The summed E-state index contributed by atoms with van der Waals surface area (Å²) in [5, 5.41) is 2.98. The molecule has 19 heavy (non-hydrogen) atoms. The minimum atomic E-state index is -0.303. The third-order valence-corrected chi connectivity index (χ3v) is 3.03. The molecule has 0 saturated carbocycles.